The van der Waals surface area contributed by atoms with Crippen LogP contribution >= 0.6 is 11.6 Å². The van der Waals surface area contributed by atoms with Crippen LogP contribution in [0.3, 0.4) is 0 Å². The molecule has 0 aromatic heterocycles. The van der Waals surface area contributed by atoms with Gasteiger partial charge in [-0.2, -0.15) is 0 Å². The molecule has 1 aliphatic heterocycles. The molecule has 0 radical (unpaired) electrons. The highest BCUT2D eigenvalue weighted by atomic mass is 35.5. The summed E-state index contributed by atoms with van der Waals surface area (Å²) in [7, 11) is 0. The monoisotopic (exact) mass is 334 g/mol. The van der Waals surface area contributed by atoms with E-state index < -0.39 is 5.91 Å². The molecule has 122 valence electrons. The predicted molar refractivity (Wildman–Crippen MR) is 90.7 cm³/mol. The number of rotatable bonds is 0. The van der Waals surface area contributed by atoms with Gasteiger partial charge in [-0.05, 0) is 30.9 Å². The smallest absolute Gasteiger partial charge is 0.255 e. The van der Waals surface area contributed by atoms with Crippen molar-refractivity contribution in [2.75, 3.05) is 6.54 Å². The molecule has 0 aliphatic carbocycles. The minimum atomic E-state index is -0.471. The Kier molecular flexibility index (Phi) is 5.82. The predicted octanol–water partition coefficient (Wildman–Crippen LogP) is 3.34. The molecule has 0 fully saturated rings. The molecule has 1 aromatic carbocycles. The number of allylic oxidation sites excluding steroid dienone is 3. The van der Waals surface area contributed by atoms with E-state index in [1.165, 1.54) is 0 Å². The van der Waals surface area contributed by atoms with Crippen LogP contribution in [0, 0.1) is 5.41 Å². The first-order chi connectivity index (χ1) is 11.0. The molecular formula is C17H19ClN2O3. The highest BCUT2D eigenvalue weighted by Crippen LogP contribution is 2.36. The van der Waals surface area contributed by atoms with Crippen LogP contribution in [0.15, 0.2) is 30.4 Å². The summed E-state index contributed by atoms with van der Waals surface area (Å²) in [6.45, 7) is 0.431. The van der Waals surface area contributed by atoms with Gasteiger partial charge in [0.1, 0.15) is 11.5 Å². The molecule has 1 heterocycles. The van der Waals surface area contributed by atoms with Gasteiger partial charge in [0.15, 0.2) is 0 Å². The normalized spacial score (nSPS) is 19.3. The van der Waals surface area contributed by atoms with Gasteiger partial charge in [-0.15, -0.1) is 0 Å². The van der Waals surface area contributed by atoms with E-state index in [2.05, 4.69) is 5.32 Å². The fourth-order valence-electron chi connectivity index (χ4n) is 2.36. The van der Waals surface area contributed by atoms with Crippen molar-refractivity contribution in [2.45, 2.75) is 25.7 Å². The minimum absolute atomic E-state index is 0.00647. The standard InChI is InChI=1S/C17H19ClN2O3/c18-16-12-9-11(19)7-5-3-1-2-4-6-8-20-17(23)15(12)13(21)10-14(16)22/h2,4-5,7,10,19,21-22H,1,3,6,8-9H2,(H,20,23)/b4-2+,7-5+,19-11?. The first-order valence-electron chi connectivity index (χ1n) is 7.41. The molecule has 0 unspecified atom stereocenters. The number of aromatic hydroxyl groups is 2. The number of hydrogen-bond donors (Lipinski definition) is 4. The maximum Gasteiger partial charge on any atom is 0.255 e. The summed E-state index contributed by atoms with van der Waals surface area (Å²) in [5, 5.41) is 30.5. The summed E-state index contributed by atoms with van der Waals surface area (Å²) in [5.41, 5.74) is 0.503. The SMILES string of the molecule is N=C1/C=C/CC/C=C/CCNC(=O)c2c(O)cc(O)c(Cl)c2C1. The van der Waals surface area contributed by atoms with Crippen molar-refractivity contribution in [3.8, 4) is 11.5 Å². The van der Waals surface area contributed by atoms with Crippen molar-refractivity contribution in [1.29, 1.82) is 5.41 Å². The van der Waals surface area contributed by atoms with Crippen LogP contribution in [0.5, 0.6) is 11.5 Å². The fourth-order valence-corrected chi connectivity index (χ4v) is 2.58. The van der Waals surface area contributed by atoms with E-state index in [0.29, 0.717) is 13.0 Å². The minimum Gasteiger partial charge on any atom is -0.507 e. The Morgan fingerprint density at radius 1 is 1.09 bits per heavy atom. The van der Waals surface area contributed by atoms with Crippen molar-refractivity contribution in [3.63, 3.8) is 0 Å². The number of phenols is 2. The first-order valence-corrected chi connectivity index (χ1v) is 7.79. The number of benzene rings is 1. The third-order valence-electron chi connectivity index (χ3n) is 3.50. The van der Waals surface area contributed by atoms with Gasteiger partial charge in [0.2, 0.25) is 0 Å². The molecule has 6 heteroatoms. The molecule has 4 N–H and O–H groups in total. The van der Waals surface area contributed by atoms with Gasteiger partial charge < -0.3 is 20.9 Å². The van der Waals surface area contributed by atoms with Crippen LogP contribution < -0.4 is 5.32 Å². The summed E-state index contributed by atoms with van der Waals surface area (Å²) in [4.78, 5) is 12.3. The second kappa shape index (κ2) is 7.83. The van der Waals surface area contributed by atoms with Crippen LogP contribution in [-0.2, 0) is 6.42 Å². The van der Waals surface area contributed by atoms with Crippen molar-refractivity contribution >= 4 is 23.2 Å². The first kappa shape index (κ1) is 17.1. The Balaban J connectivity index is 2.45. The van der Waals surface area contributed by atoms with Crippen LogP contribution in [0.4, 0.5) is 0 Å². The highest BCUT2D eigenvalue weighted by Gasteiger charge is 2.22. The molecule has 1 aliphatic rings. The zero-order chi connectivity index (χ0) is 16.8. The summed E-state index contributed by atoms with van der Waals surface area (Å²) in [6.07, 6.45) is 9.98. The summed E-state index contributed by atoms with van der Waals surface area (Å²) in [5.74, 6) is -1.13. The molecule has 1 aromatic rings. The maximum absolute atomic E-state index is 12.3. The molecule has 5 nitrogen and oxygen atoms in total. The lowest BCUT2D eigenvalue weighted by molar-refractivity contribution is 0.0951. The molecule has 23 heavy (non-hydrogen) atoms. The number of carbonyl (C=O) groups excluding carboxylic acids is 1. The van der Waals surface area contributed by atoms with Crippen LogP contribution in [0.25, 0.3) is 0 Å². The number of amides is 1. The van der Waals surface area contributed by atoms with E-state index in [-0.39, 0.29) is 39.8 Å². The highest BCUT2D eigenvalue weighted by molar-refractivity contribution is 6.33. The van der Waals surface area contributed by atoms with Crippen molar-refractivity contribution < 1.29 is 15.0 Å². The Bertz CT molecular complexity index is 681. The number of hydrogen-bond acceptors (Lipinski definition) is 4. The van der Waals surface area contributed by atoms with Gasteiger partial charge in [-0.3, -0.25) is 4.79 Å². The maximum atomic E-state index is 12.3. The number of fused-ring (bicyclic) bond motifs is 1. The fraction of sp³-hybridized carbons (Fsp3) is 0.294. The summed E-state index contributed by atoms with van der Waals surface area (Å²) >= 11 is 6.09. The van der Waals surface area contributed by atoms with E-state index >= 15 is 0 Å². The van der Waals surface area contributed by atoms with Gasteiger partial charge in [0.05, 0.1) is 10.6 Å². The average Bonchev–Trinajstić information content (AvgIpc) is 2.50. The number of nitrogens with one attached hydrogen (secondary N) is 2. The quantitative estimate of drug-likeness (QED) is 0.548. The molecule has 0 atom stereocenters. The lowest BCUT2D eigenvalue weighted by atomic mass is 9.98. The Hall–Kier alpha value is -2.27. The van der Waals surface area contributed by atoms with Gasteiger partial charge in [-0.25, -0.2) is 0 Å². The van der Waals surface area contributed by atoms with E-state index in [1.807, 2.05) is 18.2 Å². The van der Waals surface area contributed by atoms with Gasteiger partial charge in [0, 0.05) is 24.7 Å². The zero-order valence-corrected chi connectivity index (χ0v) is 13.4. The Morgan fingerprint density at radius 3 is 2.57 bits per heavy atom. The lowest BCUT2D eigenvalue weighted by Crippen LogP contribution is -2.26. The zero-order valence-electron chi connectivity index (χ0n) is 12.6. The molecule has 0 saturated heterocycles. The Labute approximate surface area is 139 Å². The van der Waals surface area contributed by atoms with Crippen molar-refractivity contribution in [3.05, 3.63) is 46.5 Å². The number of phenolic OH excluding ortho intramolecular Hbond substituents is 2. The second-order valence-electron chi connectivity index (χ2n) is 5.28. The van der Waals surface area contributed by atoms with Gasteiger partial charge >= 0.3 is 0 Å². The second-order valence-corrected chi connectivity index (χ2v) is 5.66. The summed E-state index contributed by atoms with van der Waals surface area (Å²) < 4.78 is 0. The van der Waals surface area contributed by atoms with Gasteiger partial charge in [-0.1, -0.05) is 29.8 Å². The molecule has 0 spiro atoms. The summed E-state index contributed by atoms with van der Waals surface area (Å²) in [6, 6.07) is 1.04. The Morgan fingerprint density at radius 2 is 1.78 bits per heavy atom. The van der Waals surface area contributed by atoms with Crippen LogP contribution in [-0.4, -0.2) is 28.4 Å². The number of halogens is 1. The molecule has 2 rings (SSSR count). The largest absolute Gasteiger partial charge is 0.507 e. The molecule has 0 saturated carbocycles. The van der Waals surface area contributed by atoms with Crippen molar-refractivity contribution in [2.24, 2.45) is 0 Å². The van der Waals surface area contributed by atoms with E-state index in [9.17, 15) is 15.0 Å². The van der Waals surface area contributed by atoms with E-state index in [4.69, 9.17) is 17.0 Å². The van der Waals surface area contributed by atoms with E-state index in [0.717, 1.165) is 18.9 Å². The molecule has 1 amide bonds. The van der Waals surface area contributed by atoms with E-state index in [1.54, 1.807) is 6.08 Å². The average molecular weight is 335 g/mol. The van der Waals surface area contributed by atoms with Gasteiger partial charge in [0.25, 0.3) is 5.91 Å². The van der Waals surface area contributed by atoms with Crippen LogP contribution in [0.2, 0.25) is 5.02 Å². The van der Waals surface area contributed by atoms with Crippen molar-refractivity contribution in [1.82, 2.24) is 5.32 Å². The topological polar surface area (TPSA) is 93.4 Å². The number of carbonyl (C=O) groups is 1. The third-order valence-corrected chi connectivity index (χ3v) is 3.92. The van der Waals surface area contributed by atoms with Crippen LogP contribution in [0.1, 0.15) is 35.2 Å². The molecular weight excluding hydrogens is 316 g/mol. The lowest BCUT2D eigenvalue weighted by Gasteiger charge is -2.14. The molecule has 0 bridgehead atoms. The third kappa shape index (κ3) is 4.36.